The van der Waals surface area contributed by atoms with Crippen molar-refractivity contribution in [3.05, 3.63) is 42.0 Å². The summed E-state index contributed by atoms with van der Waals surface area (Å²) in [5, 5.41) is 0. The van der Waals surface area contributed by atoms with Crippen molar-refractivity contribution in [2.24, 2.45) is 17.3 Å². The lowest BCUT2D eigenvalue weighted by Gasteiger charge is -2.54. The summed E-state index contributed by atoms with van der Waals surface area (Å²) in [7, 11) is -1.32. The lowest BCUT2D eigenvalue weighted by Crippen LogP contribution is -2.70. The molecular formula is C27H41NO6Si. The van der Waals surface area contributed by atoms with E-state index in [0.29, 0.717) is 6.61 Å². The van der Waals surface area contributed by atoms with E-state index in [-0.39, 0.29) is 30.4 Å². The van der Waals surface area contributed by atoms with Gasteiger partial charge in [0.25, 0.3) is 0 Å². The summed E-state index contributed by atoms with van der Waals surface area (Å²) >= 11 is 0. The molecule has 4 atom stereocenters. The van der Waals surface area contributed by atoms with Crippen molar-refractivity contribution in [1.29, 1.82) is 0 Å². The molecule has 0 N–H and O–H groups in total. The van der Waals surface area contributed by atoms with Gasteiger partial charge in [-0.3, -0.25) is 9.59 Å². The second-order valence-corrected chi connectivity index (χ2v) is 13.9. The molecule has 0 aromatic heterocycles. The maximum absolute atomic E-state index is 13.5. The maximum atomic E-state index is 13.5. The molecule has 7 nitrogen and oxygen atoms in total. The Hall–Kier alpha value is -2.25. The third-order valence-electron chi connectivity index (χ3n) is 6.02. The van der Waals surface area contributed by atoms with Gasteiger partial charge in [0.05, 0.1) is 18.6 Å². The normalized spacial score (nSPS) is 20.1. The highest BCUT2D eigenvalue weighted by Crippen LogP contribution is 2.44. The molecule has 0 radical (unpaired) electrons. The van der Waals surface area contributed by atoms with Crippen LogP contribution in [0.5, 0.6) is 0 Å². The monoisotopic (exact) mass is 503 g/mol. The highest BCUT2D eigenvalue weighted by molar-refractivity contribution is 6.48. The van der Waals surface area contributed by atoms with Gasteiger partial charge in [-0.2, -0.15) is 0 Å². The molecule has 2 rings (SSSR count). The number of rotatable bonds is 11. The Labute approximate surface area is 211 Å². The van der Waals surface area contributed by atoms with Crippen molar-refractivity contribution in [1.82, 2.24) is 4.90 Å². The summed E-state index contributed by atoms with van der Waals surface area (Å²) in [5.41, 5.74) is 0.0312. The summed E-state index contributed by atoms with van der Waals surface area (Å²) in [6.07, 6.45) is 0.589. The minimum absolute atomic E-state index is 0.118. The molecule has 1 heterocycles. The van der Waals surface area contributed by atoms with Crippen LogP contribution in [-0.4, -0.2) is 62.7 Å². The summed E-state index contributed by atoms with van der Waals surface area (Å²) in [6, 6.07) is 9.10. The van der Waals surface area contributed by atoms with Crippen LogP contribution in [0.15, 0.2) is 36.4 Å². The minimum Gasteiger partial charge on any atom is -0.459 e. The van der Waals surface area contributed by atoms with E-state index in [2.05, 4.69) is 33.9 Å². The second kappa shape index (κ2) is 12.1. The topological polar surface area (TPSA) is 82.1 Å². The van der Waals surface area contributed by atoms with Crippen molar-refractivity contribution in [2.75, 3.05) is 13.2 Å². The third kappa shape index (κ3) is 8.42. The Bertz CT molecular complexity index is 898. The van der Waals surface area contributed by atoms with Crippen LogP contribution in [0.4, 0.5) is 0 Å². The van der Waals surface area contributed by atoms with Crippen LogP contribution in [0.2, 0.25) is 13.1 Å². The molecule has 0 saturated carbocycles. The first-order valence-corrected chi connectivity index (χ1v) is 15.0. The zero-order valence-electron chi connectivity index (χ0n) is 22.4. The fraction of sp³-hybridized carbons (Fsp3) is 0.630. The van der Waals surface area contributed by atoms with Gasteiger partial charge < -0.3 is 18.8 Å². The van der Waals surface area contributed by atoms with Crippen molar-refractivity contribution in [3.8, 4) is 0 Å². The Kier molecular flexibility index (Phi) is 10.0. The van der Waals surface area contributed by atoms with Crippen molar-refractivity contribution < 1.29 is 28.3 Å². The number of hydrogen-bond donors (Lipinski definition) is 0. The first kappa shape index (κ1) is 29.0. The number of carbonyl (C=O) groups is 2. The Morgan fingerprint density at radius 1 is 1.14 bits per heavy atom. The molecule has 0 aliphatic carbocycles. The van der Waals surface area contributed by atoms with Crippen LogP contribution >= 0.6 is 0 Å². The average Bonchev–Trinajstić information content (AvgIpc) is 2.73. The quantitative estimate of drug-likeness (QED) is 0.198. The van der Waals surface area contributed by atoms with Crippen LogP contribution in [0.1, 0.15) is 47.1 Å². The van der Waals surface area contributed by atoms with Crippen LogP contribution in [0, 0.1) is 17.3 Å². The van der Waals surface area contributed by atoms with Crippen LogP contribution < -0.4 is 0 Å². The predicted molar refractivity (Wildman–Crippen MR) is 138 cm³/mol. The van der Waals surface area contributed by atoms with Crippen molar-refractivity contribution in [3.63, 3.8) is 0 Å². The predicted octanol–water partition coefficient (Wildman–Crippen LogP) is 3.79. The molecule has 1 aromatic carbocycles. The summed E-state index contributed by atoms with van der Waals surface area (Å²) < 4.78 is 17.7. The average molecular weight is 504 g/mol. The molecule has 1 aliphatic rings. The van der Waals surface area contributed by atoms with Gasteiger partial charge in [-0.15, -0.1) is 0 Å². The maximum Gasteiger partial charge on any atom is 0.326 e. The Balaban J connectivity index is 2.37. The largest absolute Gasteiger partial charge is 0.459 e. The molecule has 0 spiro atoms. The number of hydrogen-bond acceptors (Lipinski definition) is 6. The lowest BCUT2D eigenvalue weighted by atomic mass is 9.65. The van der Waals surface area contributed by atoms with Crippen LogP contribution in [0.25, 0.3) is 0 Å². The van der Waals surface area contributed by atoms with Crippen LogP contribution in [0.3, 0.4) is 0 Å². The van der Waals surface area contributed by atoms with E-state index in [0.717, 1.165) is 5.56 Å². The number of β-lactam (4-membered cyclic amide) rings is 1. The van der Waals surface area contributed by atoms with E-state index in [9.17, 15) is 14.4 Å². The lowest BCUT2D eigenvalue weighted by molar-refractivity contribution is -0.184. The smallest absolute Gasteiger partial charge is 0.326 e. The number of likely N-dealkylation sites (tertiary alicyclic amines) is 1. The molecule has 194 valence electrons. The number of benzene rings is 1. The minimum atomic E-state index is -1.32. The van der Waals surface area contributed by atoms with Crippen molar-refractivity contribution in [2.45, 2.75) is 79.0 Å². The van der Waals surface area contributed by atoms with Crippen molar-refractivity contribution >= 4 is 26.9 Å². The number of ether oxygens (including phenoxy) is 2. The van der Waals surface area contributed by atoms with Gasteiger partial charge in [-0.05, 0) is 50.8 Å². The highest BCUT2D eigenvalue weighted by Gasteiger charge is 2.57. The Morgan fingerprint density at radius 3 is 2.29 bits per heavy atom. The summed E-state index contributed by atoms with van der Waals surface area (Å²) in [5.74, 6) is 0.623. The first-order valence-electron chi connectivity index (χ1n) is 12.2. The van der Waals surface area contributed by atoms with E-state index in [1.165, 1.54) is 11.0 Å². The van der Waals surface area contributed by atoms with E-state index >= 15 is 0 Å². The molecule has 1 aromatic rings. The molecule has 1 amide bonds. The number of carbonyl (C=O) groups excluding carboxylic acids is 3. The zero-order valence-corrected chi connectivity index (χ0v) is 23.5. The van der Waals surface area contributed by atoms with E-state index < -0.39 is 38.7 Å². The van der Waals surface area contributed by atoms with Gasteiger partial charge in [0, 0.05) is 12.7 Å². The molecule has 1 aliphatic heterocycles. The van der Waals surface area contributed by atoms with E-state index in [1.54, 1.807) is 20.8 Å². The molecule has 8 heteroatoms. The van der Waals surface area contributed by atoms with Gasteiger partial charge in [0.1, 0.15) is 24.2 Å². The van der Waals surface area contributed by atoms with Gasteiger partial charge in [0.2, 0.25) is 5.91 Å². The van der Waals surface area contributed by atoms with Gasteiger partial charge in [0.15, 0.2) is 9.04 Å². The Morgan fingerprint density at radius 2 is 1.77 bits per heavy atom. The summed E-state index contributed by atoms with van der Waals surface area (Å²) in [4.78, 5) is 39.1. The van der Waals surface area contributed by atoms with Gasteiger partial charge >= 0.3 is 5.97 Å². The van der Waals surface area contributed by atoms with Gasteiger partial charge in [-0.1, -0.05) is 51.1 Å². The number of esters is 1. The fourth-order valence-electron chi connectivity index (χ4n) is 4.35. The second-order valence-electron chi connectivity index (χ2n) is 11.5. The number of nitrogens with zero attached hydrogens (tertiary/aromatic N) is 1. The standard InChI is InChI=1S/C27H41NO6Si/c1-26(2,3)20(18-33-35(7)8)23-24(28(25(23)31)16-22(30)34-27(4,5)6)21(14-15-29)32-17-19-12-10-9-11-13-19/h9-14,20-21,23-24,35H,16-18H2,1-8H3/t20-,21+,23+,24-/m1/s1. The van der Waals surface area contributed by atoms with Crippen LogP contribution in [-0.2, 0) is 34.9 Å². The molecule has 35 heavy (non-hydrogen) atoms. The molecule has 1 fully saturated rings. The summed E-state index contributed by atoms with van der Waals surface area (Å²) in [6.45, 7) is 16.3. The number of amides is 1. The fourth-order valence-corrected chi connectivity index (χ4v) is 4.94. The van der Waals surface area contributed by atoms with E-state index in [1.807, 2.05) is 36.3 Å². The highest BCUT2D eigenvalue weighted by atomic mass is 28.3. The SMILES string of the molecule is C[SiH](C)OC[C@H]([C@@H]1C(=O)N(CC(=O)OC(C)(C)C)[C@@H]1[C@H](C=C=O)OCc1ccccc1)C(C)(C)C. The first-order chi connectivity index (χ1) is 16.2. The molecular weight excluding hydrogens is 462 g/mol. The molecule has 0 unspecified atom stereocenters. The molecule has 1 saturated heterocycles. The van der Waals surface area contributed by atoms with Gasteiger partial charge in [-0.25, -0.2) is 4.79 Å². The molecule has 0 bridgehead atoms. The third-order valence-corrected chi connectivity index (χ3v) is 6.88. The zero-order chi connectivity index (χ0) is 26.4. The van der Waals surface area contributed by atoms with E-state index in [4.69, 9.17) is 13.9 Å².